The summed E-state index contributed by atoms with van der Waals surface area (Å²) in [6.07, 6.45) is 2.14. The summed E-state index contributed by atoms with van der Waals surface area (Å²) in [5.74, 6) is -0.234. The third-order valence-electron chi connectivity index (χ3n) is 2.54. The molecular weight excluding hydrogens is 249 g/mol. The molecular formula is C14H12FNO3. The lowest BCUT2D eigenvalue weighted by Crippen LogP contribution is -2.03. The highest BCUT2D eigenvalue weighted by molar-refractivity contribution is 5.79. The topological polar surface area (TPSA) is 48.4 Å². The van der Waals surface area contributed by atoms with Crippen LogP contribution >= 0.6 is 0 Å². The molecule has 0 aliphatic rings. The summed E-state index contributed by atoms with van der Waals surface area (Å²) >= 11 is 0. The first-order valence-corrected chi connectivity index (χ1v) is 5.60. The number of aldehydes is 1. The van der Waals surface area contributed by atoms with E-state index in [-0.39, 0.29) is 17.9 Å². The van der Waals surface area contributed by atoms with Crippen molar-refractivity contribution in [2.24, 2.45) is 0 Å². The van der Waals surface area contributed by atoms with Crippen LogP contribution < -0.4 is 9.47 Å². The zero-order chi connectivity index (χ0) is 13.7. The minimum absolute atomic E-state index is 0.0663. The van der Waals surface area contributed by atoms with Crippen LogP contribution in [0.15, 0.2) is 36.5 Å². The van der Waals surface area contributed by atoms with Gasteiger partial charge in [-0.25, -0.2) is 9.37 Å². The van der Waals surface area contributed by atoms with E-state index in [2.05, 4.69) is 4.98 Å². The Morgan fingerprint density at radius 3 is 2.89 bits per heavy atom. The molecule has 0 amide bonds. The van der Waals surface area contributed by atoms with Crippen LogP contribution in [-0.2, 0) is 6.61 Å². The lowest BCUT2D eigenvalue weighted by Gasteiger charge is -2.11. The van der Waals surface area contributed by atoms with Gasteiger partial charge in [0.1, 0.15) is 6.61 Å². The number of pyridine rings is 1. The summed E-state index contributed by atoms with van der Waals surface area (Å²) in [5.41, 5.74) is 0.841. The molecule has 5 heteroatoms. The fraction of sp³-hybridized carbons (Fsp3) is 0.143. The molecule has 0 spiro atoms. The molecule has 1 aromatic heterocycles. The van der Waals surface area contributed by atoms with Crippen molar-refractivity contribution in [3.05, 3.63) is 53.5 Å². The molecule has 1 aromatic carbocycles. The first-order valence-electron chi connectivity index (χ1n) is 5.60. The van der Waals surface area contributed by atoms with Crippen LogP contribution in [0.25, 0.3) is 0 Å². The summed E-state index contributed by atoms with van der Waals surface area (Å²) in [4.78, 5) is 14.8. The van der Waals surface area contributed by atoms with Gasteiger partial charge in [-0.3, -0.25) is 4.79 Å². The number of benzene rings is 1. The van der Waals surface area contributed by atoms with Gasteiger partial charge in [0.15, 0.2) is 17.9 Å². The zero-order valence-corrected chi connectivity index (χ0v) is 10.3. The van der Waals surface area contributed by atoms with Crippen molar-refractivity contribution in [2.75, 3.05) is 7.11 Å². The second-order valence-corrected chi connectivity index (χ2v) is 3.74. The predicted molar refractivity (Wildman–Crippen MR) is 66.9 cm³/mol. The monoisotopic (exact) mass is 261 g/mol. The van der Waals surface area contributed by atoms with Crippen LogP contribution in [0.5, 0.6) is 11.6 Å². The van der Waals surface area contributed by atoms with E-state index in [4.69, 9.17) is 9.47 Å². The molecule has 2 rings (SSSR count). The fourth-order valence-electron chi connectivity index (χ4n) is 1.64. The Bertz CT molecular complexity index is 587. The smallest absolute Gasteiger partial charge is 0.219 e. The number of hydrogen-bond donors (Lipinski definition) is 0. The minimum atomic E-state index is -0.576. The standard InChI is InChI=1S/C14H12FNO3/c1-18-14-11(5-3-7-16-14)9-19-13-10(8-17)4-2-6-12(13)15/h2-8H,9H2,1H3. The van der Waals surface area contributed by atoms with Crippen molar-refractivity contribution in [1.29, 1.82) is 0 Å². The number of rotatable bonds is 5. The summed E-state index contributed by atoms with van der Waals surface area (Å²) in [6.45, 7) is 0.0682. The molecule has 0 bridgehead atoms. The molecule has 0 saturated carbocycles. The predicted octanol–water partition coefficient (Wildman–Crippen LogP) is 2.62. The van der Waals surface area contributed by atoms with Crippen molar-refractivity contribution < 1.29 is 18.7 Å². The summed E-state index contributed by atoms with van der Waals surface area (Å²) in [6, 6.07) is 7.67. The second-order valence-electron chi connectivity index (χ2n) is 3.74. The second kappa shape index (κ2) is 5.95. The third kappa shape index (κ3) is 2.88. The Kier molecular flexibility index (Phi) is 4.07. The largest absolute Gasteiger partial charge is 0.485 e. The zero-order valence-electron chi connectivity index (χ0n) is 10.3. The molecule has 1 heterocycles. The maximum Gasteiger partial charge on any atom is 0.219 e. The molecule has 2 aromatic rings. The van der Waals surface area contributed by atoms with Gasteiger partial charge < -0.3 is 9.47 Å². The molecule has 0 N–H and O–H groups in total. The lowest BCUT2D eigenvalue weighted by atomic mass is 10.2. The first kappa shape index (κ1) is 13.0. The molecule has 0 atom stereocenters. The van der Waals surface area contributed by atoms with Crippen LogP contribution in [0, 0.1) is 5.82 Å². The van der Waals surface area contributed by atoms with Crippen LogP contribution in [0.2, 0.25) is 0 Å². The molecule has 0 aliphatic heterocycles. The van der Waals surface area contributed by atoms with Crippen molar-refractivity contribution in [3.8, 4) is 11.6 Å². The van der Waals surface area contributed by atoms with Gasteiger partial charge in [-0.15, -0.1) is 0 Å². The van der Waals surface area contributed by atoms with E-state index < -0.39 is 5.82 Å². The normalized spacial score (nSPS) is 10.0. The van der Waals surface area contributed by atoms with Crippen molar-refractivity contribution in [2.45, 2.75) is 6.61 Å². The number of para-hydroxylation sites is 1. The van der Waals surface area contributed by atoms with Gasteiger partial charge in [0.2, 0.25) is 5.88 Å². The molecule has 0 radical (unpaired) electrons. The average Bonchev–Trinajstić information content (AvgIpc) is 2.46. The van der Waals surface area contributed by atoms with E-state index >= 15 is 0 Å². The summed E-state index contributed by atoms with van der Waals surface area (Å²) in [7, 11) is 1.49. The Morgan fingerprint density at radius 2 is 2.16 bits per heavy atom. The number of carbonyl (C=O) groups excluding carboxylic acids is 1. The number of hydrogen-bond acceptors (Lipinski definition) is 4. The molecule has 0 unspecified atom stereocenters. The van der Waals surface area contributed by atoms with Gasteiger partial charge in [0, 0.05) is 6.20 Å². The molecule has 19 heavy (non-hydrogen) atoms. The van der Waals surface area contributed by atoms with Crippen molar-refractivity contribution in [3.63, 3.8) is 0 Å². The molecule has 4 nitrogen and oxygen atoms in total. The van der Waals surface area contributed by atoms with Crippen LogP contribution in [0.4, 0.5) is 4.39 Å². The van der Waals surface area contributed by atoms with Crippen LogP contribution in [0.1, 0.15) is 15.9 Å². The maximum absolute atomic E-state index is 13.6. The van der Waals surface area contributed by atoms with E-state index in [9.17, 15) is 9.18 Å². The van der Waals surface area contributed by atoms with Crippen molar-refractivity contribution >= 4 is 6.29 Å². The summed E-state index contributed by atoms with van der Waals surface area (Å²) in [5, 5.41) is 0. The first-order chi connectivity index (χ1) is 9.26. The Hall–Kier alpha value is -2.43. The van der Waals surface area contributed by atoms with E-state index in [0.717, 1.165) is 0 Å². The third-order valence-corrected chi connectivity index (χ3v) is 2.54. The number of ether oxygens (including phenoxy) is 2. The Labute approximate surface area is 109 Å². The van der Waals surface area contributed by atoms with Gasteiger partial charge in [-0.05, 0) is 24.3 Å². The van der Waals surface area contributed by atoms with Gasteiger partial charge in [0.25, 0.3) is 0 Å². The maximum atomic E-state index is 13.6. The molecule has 0 fully saturated rings. The SMILES string of the molecule is COc1ncccc1COc1c(F)cccc1C=O. The van der Waals surface area contributed by atoms with Crippen LogP contribution in [0.3, 0.4) is 0 Å². The average molecular weight is 261 g/mol. The van der Waals surface area contributed by atoms with E-state index in [1.165, 1.54) is 25.3 Å². The highest BCUT2D eigenvalue weighted by Crippen LogP contribution is 2.23. The Morgan fingerprint density at radius 1 is 1.32 bits per heavy atom. The number of nitrogens with zero attached hydrogens (tertiary/aromatic N) is 1. The quantitative estimate of drug-likeness (QED) is 0.776. The highest BCUT2D eigenvalue weighted by Gasteiger charge is 2.11. The molecule has 98 valence electrons. The van der Waals surface area contributed by atoms with E-state index in [1.807, 2.05) is 0 Å². The highest BCUT2D eigenvalue weighted by atomic mass is 19.1. The van der Waals surface area contributed by atoms with Crippen LogP contribution in [-0.4, -0.2) is 18.4 Å². The van der Waals surface area contributed by atoms with Gasteiger partial charge in [-0.2, -0.15) is 0 Å². The van der Waals surface area contributed by atoms with Gasteiger partial charge >= 0.3 is 0 Å². The van der Waals surface area contributed by atoms with E-state index in [0.29, 0.717) is 17.7 Å². The Balaban J connectivity index is 2.21. The molecule has 0 saturated heterocycles. The molecule has 0 aliphatic carbocycles. The van der Waals surface area contributed by atoms with Gasteiger partial charge in [0.05, 0.1) is 18.2 Å². The lowest BCUT2D eigenvalue weighted by molar-refractivity contribution is 0.111. The fourth-order valence-corrected chi connectivity index (χ4v) is 1.64. The summed E-state index contributed by atoms with van der Waals surface area (Å²) < 4.78 is 24.0. The number of methoxy groups -OCH3 is 1. The van der Waals surface area contributed by atoms with Crippen molar-refractivity contribution in [1.82, 2.24) is 4.98 Å². The van der Waals surface area contributed by atoms with E-state index in [1.54, 1.807) is 18.3 Å². The number of aromatic nitrogens is 1. The minimum Gasteiger partial charge on any atom is -0.485 e. The number of carbonyl (C=O) groups is 1. The van der Waals surface area contributed by atoms with Gasteiger partial charge in [-0.1, -0.05) is 6.07 Å². The number of halogens is 1.